The second-order valence-electron chi connectivity index (χ2n) is 5.86. The lowest BCUT2D eigenvalue weighted by Gasteiger charge is -2.27. The first-order valence-electron chi connectivity index (χ1n) is 7.70. The van der Waals surface area contributed by atoms with E-state index in [1.165, 1.54) is 54.1 Å². The number of nitrogens with one attached hydrogen (secondary N) is 1. The molecular weight excluding hydrogens is 298 g/mol. The van der Waals surface area contributed by atoms with Crippen molar-refractivity contribution >= 4 is 15.9 Å². The van der Waals surface area contributed by atoms with Gasteiger partial charge in [-0.05, 0) is 43.0 Å². The van der Waals surface area contributed by atoms with Gasteiger partial charge in [-0.3, -0.25) is 0 Å². The van der Waals surface area contributed by atoms with E-state index in [-0.39, 0.29) is 0 Å². The fourth-order valence-electron chi connectivity index (χ4n) is 3.17. The van der Waals surface area contributed by atoms with Crippen molar-refractivity contribution in [3.8, 4) is 0 Å². The number of benzene rings is 1. The predicted molar refractivity (Wildman–Crippen MR) is 86.5 cm³/mol. The van der Waals surface area contributed by atoms with Crippen molar-refractivity contribution < 1.29 is 0 Å². The van der Waals surface area contributed by atoms with Crippen molar-refractivity contribution in [2.45, 2.75) is 58.4 Å². The summed E-state index contributed by atoms with van der Waals surface area (Å²) in [5, 5.41) is 3.67. The maximum atomic E-state index is 3.67. The quantitative estimate of drug-likeness (QED) is 0.767. The Kier molecular flexibility index (Phi) is 5.90. The van der Waals surface area contributed by atoms with E-state index in [0.29, 0.717) is 6.04 Å². The van der Waals surface area contributed by atoms with Crippen LogP contribution in [0.4, 0.5) is 0 Å². The molecule has 1 aliphatic carbocycles. The van der Waals surface area contributed by atoms with Crippen molar-refractivity contribution in [2.75, 3.05) is 6.54 Å². The minimum atomic E-state index is 0.519. The van der Waals surface area contributed by atoms with E-state index in [9.17, 15) is 0 Å². The van der Waals surface area contributed by atoms with Gasteiger partial charge >= 0.3 is 0 Å². The molecule has 2 heteroatoms. The summed E-state index contributed by atoms with van der Waals surface area (Å²) in [4.78, 5) is 0. The molecule has 106 valence electrons. The third-order valence-corrected chi connectivity index (χ3v) is 5.20. The van der Waals surface area contributed by atoms with Crippen LogP contribution in [0, 0.1) is 12.8 Å². The minimum absolute atomic E-state index is 0.519. The summed E-state index contributed by atoms with van der Waals surface area (Å²) in [5.74, 6) is 0.915. The van der Waals surface area contributed by atoms with Gasteiger partial charge in [0, 0.05) is 10.5 Å². The van der Waals surface area contributed by atoms with E-state index in [1.807, 2.05) is 0 Å². The summed E-state index contributed by atoms with van der Waals surface area (Å²) >= 11 is 3.66. The van der Waals surface area contributed by atoms with E-state index in [0.717, 1.165) is 12.5 Å². The van der Waals surface area contributed by atoms with E-state index >= 15 is 0 Å². The predicted octanol–water partition coefficient (Wildman–Crippen LogP) is 5.38. The van der Waals surface area contributed by atoms with E-state index in [4.69, 9.17) is 0 Å². The Labute approximate surface area is 126 Å². The topological polar surface area (TPSA) is 12.0 Å². The van der Waals surface area contributed by atoms with Gasteiger partial charge in [0.05, 0.1) is 0 Å². The van der Waals surface area contributed by atoms with Crippen LogP contribution >= 0.6 is 15.9 Å². The Hall–Kier alpha value is -0.340. The van der Waals surface area contributed by atoms with Crippen molar-refractivity contribution in [1.82, 2.24) is 5.32 Å². The fourth-order valence-corrected chi connectivity index (χ4v) is 3.56. The highest BCUT2D eigenvalue weighted by Gasteiger charge is 2.20. The molecule has 0 radical (unpaired) electrons. The molecule has 1 aliphatic rings. The zero-order valence-corrected chi connectivity index (χ0v) is 13.8. The normalized spacial score (nSPS) is 18.5. The Bertz CT molecular complexity index is 396. The van der Waals surface area contributed by atoms with Crippen LogP contribution in [-0.2, 0) is 0 Å². The lowest BCUT2D eigenvalue weighted by atomic mass is 9.83. The molecule has 0 aromatic heterocycles. The molecule has 1 aromatic carbocycles. The van der Waals surface area contributed by atoms with Crippen LogP contribution in [0.2, 0.25) is 0 Å². The Morgan fingerprint density at radius 3 is 2.63 bits per heavy atom. The van der Waals surface area contributed by atoms with Gasteiger partial charge in [-0.25, -0.2) is 0 Å². The number of hydrogen-bond donors (Lipinski definition) is 1. The third kappa shape index (κ3) is 4.32. The minimum Gasteiger partial charge on any atom is -0.310 e. The van der Waals surface area contributed by atoms with E-state index in [1.54, 1.807) is 0 Å². The average Bonchev–Trinajstić information content (AvgIpc) is 2.43. The monoisotopic (exact) mass is 323 g/mol. The van der Waals surface area contributed by atoms with Gasteiger partial charge in [0.25, 0.3) is 0 Å². The highest BCUT2D eigenvalue weighted by molar-refractivity contribution is 9.10. The lowest BCUT2D eigenvalue weighted by Crippen LogP contribution is -2.24. The Morgan fingerprint density at radius 1 is 1.26 bits per heavy atom. The number of rotatable bonds is 5. The number of halogens is 1. The van der Waals surface area contributed by atoms with E-state index < -0.39 is 0 Å². The Balaban J connectivity index is 2.07. The first-order chi connectivity index (χ1) is 9.20. The molecule has 1 atom stereocenters. The van der Waals surface area contributed by atoms with Crippen molar-refractivity contribution in [1.29, 1.82) is 0 Å². The molecule has 19 heavy (non-hydrogen) atoms. The van der Waals surface area contributed by atoms with Gasteiger partial charge in [-0.2, -0.15) is 0 Å². The third-order valence-electron chi connectivity index (χ3n) is 4.34. The van der Waals surface area contributed by atoms with Crippen molar-refractivity contribution in [3.63, 3.8) is 0 Å². The van der Waals surface area contributed by atoms with Gasteiger partial charge in [-0.1, -0.05) is 67.1 Å². The highest BCUT2D eigenvalue weighted by atomic mass is 79.9. The molecular formula is C17H26BrN. The first-order valence-corrected chi connectivity index (χ1v) is 8.49. The highest BCUT2D eigenvalue weighted by Crippen LogP contribution is 2.33. The maximum Gasteiger partial charge on any atom is 0.0323 e. The van der Waals surface area contributed by atoms with Crippen LogP contribution in [0.1, 0.15) is 62.6 Å². The van der Waals surface area contributed by atoms with Crippen LogP contribution in [0.3, 0.4) is 0 Å². The van der Waals surface area contributed by atoms with Crippen molar-refractivity contribution in [3.05, 3.63) is 33.8 Å². The average molecular weight is 324 g/mol. The molecule has 1 saturated carbocycles. The van der Waals surface area contributed by atoms with Crippen LogP contribution in [0.5, 0.6) is 0 Å². The van der Waals surface area contributed by atoms with Gasteiger partial charge in [0.1, 0.15) is 0 Å². The summed E-state index contributed by atoms with van der Waals surface area (Å²) < 4.78 is 1.23. The molecule has 0 saturated heterocycles. The summed E-state index contributed by atoms with van der Waals surface area (Å²) in [6.07, 6.45) is 8.45. The molecule has 1 aromatic rings. The first kappa shape index (κ1) is 15.1. The molecule has 0 heterocycles. The zero-order valence-electron chi connectivity index (χ0n) is 12.2. The Morgan fingerprint density at radius 2 is 2.00 bits per heavy atom. The van der Waals surface area contributed by atoms with Gasteiger partial charge in [0.2, 0.25) is 0 Å². The van der Waals surface area contributed by atoms with Crippen molar-refractivity contribution in [2.24, 2.45) is 5.92 Å². The molecule has 1 N–H and O–H groups in total. The smallest absolute Gasteiger partial charge is 0.0323 e. The standard InChI is InChI=1S/C17H26BrN/c1-3-19-17(11-14-7-5-4-6-8-14)15-10-9-13(2)16(18)12-15/h9-10,12,14,17,19H,3-8,11H2,1-2H3. The van der Waals surface area contributed by atoms with Gasteiger partial charge in [0.15, 0.2) is 0 Å². The molecule has 0 bridgehead atoms. The SMILES string of the molecule is CCNC(CC1CCCCC1)c1ccc(C)c(Br)c1. The van der Waals surface area contributed by atoms with E-state index in [2.05, 4.69) is 53.3 Å². The summed E-state index contributed by atoms with van der Waals surface area (Å²) in [6.45, 7) is 5.40. The molecule has 1 nitrogen and oxygen atoms in total. The lowest BCUT2D eigenvalue weighted by molar-refractivity contribution is 0.301. The number of hydrogen-bond acceptors (Lipinski definition) is 1. The molecule has 2 rings (SSSR count). The van der Waals surface area contributed by atoms with Gasteiger partial charge in [-0.15, -0.1) is 0 Å². The van der Waals surface area contributed by atoms with Crippen LogP contribution in [-0.4, -0.2) is 6.54 Å². The van der Waals surface area contributed by atoms with Crippen LogP contribution in [0.15, 0.2) is 22.7 Å². The van der Waals surface area contributed by atoms with Crippen LogP contribution < -0.4 is 5.32 Å². The second-order valence-corrected chi connectivity index (χ2v) is 6.71. The van der Waals surface area contributed by atoms with Crippen LogP contribution in [0.25, 0.3) is 0 Å². The summed E-state index contributed by atoms with van der Waals surface area (Å²) in [7, 11) is 0. The zero-order chi connectivity index (χ0) is 13.7. The number of aryl methyl sites for hydroxylation is 1. The van der Waals surface area contributed by atoms with Gasteiger partial charge < -0.3 is 5.32 Å². The molecule has 0 spiro atoms. The fraction of sp³-hybridized carbons (Fsp3) is 0.647. The summed E-state index contributed by atoms with van der Waals surface area (Å²) in [5.41, 5.74) is 2.75. The largest absolute Gasteiger partial charge is 0.310 e. The molecule has 1 fully saturated rings. The molecule has 1 unspecified atom stereocenters. The molecule has 0 aliphatic heterocycles. The maximum absolute atomic E-state index is 3.67. The second kappa shape index (κ2) is 7.44. The summed E-state index contributed by atoms with van der Waals surface area (Å²) in [6, 6.07) is 7.33. The molecule has 0 amide bonds.